The summed E-state index contributed by atoms with van der Waals surface area (Å²) in [5.41, 5.74) is 1.95. The number of halogens is 1. The summed E-state index contributed by atoms with van der Waals surface area (Å²) in [4.78, 5) is 10.9. The summed E-state index contributed by atoms with van der Waals surface area (Å²) in [5.74, 6) is -0.798. The molecule has 3 nitrogen and oxygen atoms in total. The average Bonchev–Trinajstić information content (AvgIpc) is 2.56. The van der Waals surface area contributed by atoms with Crippen molar-refractivity contribution in [2.75, 3.05) is 0 Å². The van der Waals surface area contributed by atoms with Gasteiger partial charge in [-0.3, -0.25) is 4.79 Å². The Morgan fingerprint density at radius 3 is 2.76 bits per heavy atom. The SMILES string of the molecule is CC(C)n1cc(CC(=O)O)c2cc(Br)ccc21. The third kappa shape index (κ3) is 2.36. The second-order valence-corrected chi connectivity index (χ2v) is 5.30. The van der Waals surface area contributed by atoms with Crippen molar-refractivity contribution in [2.45, 2.75) is 26.3 Å². The van der Waals surface area contributed by atoms with Crippen molar-refractivity contribution in [3.8, 4) is 0 Å². The van der Waals surface area contributed by atoms with Crippen LogP contribution in [0, 0.1) is 0 Å². The zero-order valence-electron chi connectivity index (χ0n) is 9.77. The molecule has 0 spiro atoms. The summed E-state index contributed by atoms with van der Waals surface area (Å²) in [5, 5.41) is 9.93. The van der Waals surface area contributed by atoms with Gasteiger partial charge in [0.1, 0.15) is 0 Å². The van der Waals surface area contributed by atoms with Gasteiger partial charge >= 0.3 is 5.97 Å². The highest BCUT2D eigenvalue weighted by atomic mass is 79.9. The van der Waals surface area contributed by atoms with Crippen LogP contribution in [0.4, 0.5) is 0 Å². The molecule has 0 atom stereocenters. The fraction of sp³-hybridized carbons (Fsp3) is 0.308. The molecule has 0 saturated heterocycles. The van der Waals surface area contributed by atoms with Gasteiger partial charge in [-0.1, -0.05) is 15.9 Å². The first-order valence-corrected chi connectivity index (χ1v) is 6.29. The van der Waals surface area contributed by atoms with E-state index >= 15 is 0 Å². The van der Waals surface area contributed by atoms with E-state index < -0.39 is 5.97 Å². The van der Waals surface area contributed by atoms with Crippen LogP contribution in [0.15, 0.2) is 28.9 Å². The molecule has 2 aromatic rings. The molecule has 0 saturated carbocycles. The van der Waals surface area contributed by atoms with Crippen molar-refractivity contribution in [3.63, 3.8) is 0 Å². The number of hydrogen-bond acceptors (Lipinski definition) is 1. The molecule has 1 aromatic heterocycles. The highest BCUT2D eigenvalue weighted by Crippen LogP contribution is 2.28. The molecular weight excluding hydrogens is 282 g/mol. The molecule has 0 radical (unpaired) electrons. The Kier molecular flexibility index (Phi) is 3.24. The maximum Gasteiger partial charge on any atom is 0.307 e. The second-order valence-electron chi connectivity index (χ2n) is 4.39. The maximum absolute atomic E-state index is 10.9. The highest BCUT2D eigenvalue weighted by molar-refractivity contribution is 9.10. The predicted molar refractivity (Wildman–Crippen MR) is 71.4 cm³/mol. The van der Waals surface area contributed by atoms with E-state index in [2.05, 4.69) is 34.3 Å². The Balaban J connectivity index is 2.66. The zero-order valence-corrected chi connectivity index (χ0v) is 11.4. The van der Waals surface area contributed by atoms with Crippen molar-refractivity contribution in [3.05, 3.63) is 34.4 Å². The van der Waals surface area contributed by atoms with Crippen LogP contribution in [0.3, 0.4) is 0 Å². The molecule has 17 heavy (non-hydrogen) atoms. The number of aromatic nitrogens is 1. The van der Waals surface area contributed by atoms with E-state index in [1.807, 2.05) is 24.4 Å². The van der Waals surface area contributed by atoms with Crippen LogP contribution in [-0.2, 0) is 11.2 Å². The minimum absolute atomic E-state index is 0.0622. The van der Waals surface area contributed by atoms with E-state index in [4.69, 9.17) is 5.11 Å². The van der Waals surface area contributed by atoms with Crippen molar-refractivity contribution in [1.82, 2.24) is 4.57 Å². The Hall–Kier alpha value is -1.29. The lowest BCUT2D eigenvalue weighted by Gasteiger charge is -2.08. The van der Waals surface area contributed by atoms with Crippen LogP contribution in [0.5, 0.6) is 0 Å². The van der Waals surface area contributed by atoms with Gasteiger partial charge in [-0.25, -0.2) is 0 Å². The summed E-state index contributed by atoms with van der Waals surface area (Å²) in [7, 11) is 0. The normalized spacial score (nSPS) is 11.3. The first-order valence-electron chi connectivity index (χ1n) is 5.50. The molecule has 0 aliphatic heterocycles. The summed E-state index contributed by atoms with van der Waals surface area (Å²) < 4.78 is 3.08. The van der Waals surface area contributed by atoms with E-state index in [-0.39, 0.29) is 6.42 Å². The Morgan fingerprint density at radius 2 is 2.18 bits per heavy atom. The smallest absolute Gasteiger partial charge is 0.307 e. The lowest BCUT2D eigenvalue weighted by Crippen LogP contribution is -2.00. The number of hydrogen-bond donors (Lipinski definition) is 1. The number of benzene rings is 1. The molecule has 0 bridgehead atoms. The summed E-state index contributed by atoms with van der Waals surface area (Å²) in [6.07, 6.45) is 2.00. The van der Waals surface area contributed by atoms with E-state index in [1.54, 1.807) is 0 Å². The summed E-state index contributed by atoms with van der Waals surface area (Å²) >= 11 is 3.42. The van der Waals surface area contributed by atoms with Crippen LogP contribution in [0.25, 0.3) is 10.9 Å². The molecule has 4 heteroatoms. The van der Waals surface area contributed by atoms with Crippen molar-refractivity contribution in [2.24, 2.45) is 0 Å². The molecule has 0 amide bonds. The number of fused-ring (bicyclic) bond motifs is 1. The fourth-order valence-corrected chi connectivity index (χ4v) is 2.39. The van der Waals surface area contributed by atoms with Gasteiger partial charge in [-0.05, 0) is 37.6 Å². The fourth-order valence-electron chi connectivity index (χ4n) is 2.03. The lowest BCUT2D eigenvalue weighted by atomic mass is 10.1. The molecule has 90 valence electrons. The van der Waals surface area contributed by atoms with Gasteiger partial charge in [-0.2, -0.15) is 0 Å². The topological polar surface area (TPSA) is 42.2 Å². The van der Waals surface area contributed by atoms with E-state index in [0.717, 1.165) is 20.9 Å². The van der Waals surface area contributed by atoms with Gasteiger partial charge in [0, 0.05) is 27.6 Å². The van der Waals surface area contributed by atoms with Crippen LogP contribution < -0.4 is 0 Å². The molecule has 0 aliphatic rings. The van der Waals surface area contributed by atoms with Gasteiger partial charge in [0.2, 0.25) is 0 Å². The monoisotopic (exact) mass is 295 g/mol. The molecule has 0 unspecified atom stereocenters. The lowest BCUT2D eigenvalue weighted by molar-refractivity contribution is -0.136. The van der Waals surface area contributed by atoms with E-state index in [9.17, 15) is 4.79 Å². The number of rotatable bonds is 3. The Bertz CT molecular complexity index is 572. The first kappa shape index (κ1) is 12.2. The van der Waals surface area contributed by atoms with Gasteiger partial charge in [-0.15, -0.1) is 0 Å². The largest absolute Gasteiger partial charge is 0.481 e. The van der Waals surface area contributed by atoms with E-state index in [0.29, 0.717) is 6.04 Å². The van der Waals surface area contributed by atoms with Gasteiger partial charge in [0.25, 0.3) is 0 Å². The molecule has 0 fully saturated rings. The van der Waals surface area contributed by atoms with Gasteiger partial charge in [0.15, 0.2) is 0 Å². The quantitative estimate of drug-likeness (QED) is 0.940. The molecule has 0 aliphatic carbocycles. The van der Waals surface area contributed by atoms with Crippen LogP contribution >= 0.6 is 15.9 Å². The molecule has 1 aromatic carbocycles. The van der Waals surface area contributed by atoms with Crippen molar-refractivity contribution < 1.29 is 9.90 Å². The third-order valence-electron chi connectivity index (χ3n) is 2.78. The predicted octanol–water partition coefficient (Wildman–Crippen LogP) is 3.61. The van der Waals surface area contributed by atoms with Crippen LogP contribution in [0.1, 0.15) is 25.5 Å². The second kappa shape index (κ2) is 4.53. The van der Waals surface area contributed by atoms with Crippen molar-refractivity contribution in [1.29, 1.82) is 0 Å². The zero-order chi connectivity index (χ0) is 12.6. The Morgan fingerprint density at radius 1 is 1.47 bits per heavy atom. The first-order chi connectivity index (χ1) is 7.99. The standard InChI is InChI=1S/C13H14BrNO2/c1-8(2)15-7-9(5-13(16)17)11-6-10(14)3-4-12(11)15/h3-4,6-8H,5H2,1-2H3,(H,16,17). The number of aliphatic carboxylic acids is 1. The molecule has 2 rings (SSSR count). The summed E-state index contributed by atoms with van der Waals surface area (Å²) in [6, 6.07) is 6.30. The van der Waals surface area contributed by atoms with E-state index in [1.165, 1.54) is 0 Å². The van der Waals surface area contributed by atoms with Crippen LogP contribution in [0.2, 0.25) is 0 Å². The molecule has 1 N–H and O–H groups in total. The number of carboxylic acid groups (broad SMARTS) is 1. The highest BCUT2D eigenvalue weighted by Gasteiger charge is 2.13. The van der Waals surface area contributed by atoms with Crippen molar-refractivity contribution >= 4 is 32.8 Å². The average molecular weight is 296 g/mol. The third-order valence-corrected chi connectivity index (χ3v) is 3.27. The minimum Gasteiger partial charge on any atom is -0.481 e. The summed E-state index contributed by atoms with van der Waals surface area (Å²) in [6.45, 7) is 4.18. The van der Waals surface area contributed by atoms with Crippen LogP contribution in [-0.4, -0.2) is 15.6 Å². The van der Waals surface area contributed by atoms with Gasteiger partial charge < -0.3 is 9.67 Å². The molecular formula is C13H14BrNO2. The molecule has 1 heterocycles. The Labute approximate surface area is 108 Å². The maximum atomic E-state index is 10.9. The minimum atomic E-state index is -0.798. The van der Waals surface area contributed by atoms with Gasteiger partial charge in [0.05, 0.1) is 6.42 Å². The number of carboxylic acids is 1. The number of carbonyl (C=O) groups is 1. The number of nitrogens with zero attached hydrogens (tertiary/aromatic N) is 1.